The number of aliphatic carboxylic acids is 1. The molecule has 14 heavy (non-hydrogen) atoms. The first-order valence-corrected chi connectivity index (χ1v) is 4.03. The van der Waals surface area contributed by atoms with E-state index in [1.165, 1.54) is 6.08 Å². The van der Waals surface area contributed by atoms with Crippen LogP contribution in [0.25, 0.3) is 0 Å². The highest BCUT2D eigenvalue weighted by Crippen LogP contribution is 2.01. The molecule has 1 aliphatic rings. The highest BCUT2D eigenvalue weighted by Gasteiger charge is 2.12. The lowest BCUT2D eigenvalue weighted by Crippen LogP contribution is -2.24. The molecular formula is C9H9NO4. The van der Waals surface area contributed by atoms with E-state index >= 15 is 0 Å². The van der Waals surface area contributed by atoms with Crippen molar-refractivity contribution in [2.75, 3.05) is 6.54 Å². The van der Waals surface area contributed by atoms with Crippen LogP contribution in [0.2, 0.25) is 0 Å². The van der Waals surface area contributed by atoms with Crippen LogP contribution in [0.4, 0.5) is 0 Å². The normalized spacial score (nSPS) is 15.3. The third-order valence-corrected chi connectivity index (χ3v) is 1.61. The molecule has 0 radical (unpaired) electrons. The van der Waals surface area contributed by atoms with E-state index in [-0.39, 0.29) is 30.2 Å². The molecule has 5 heteroatoms. The van der Waals surface area contributed by atoms with Gasteiger partial charge >= 0.3 is 5.97 Å². The summed E-state index contributed by atoms with van der Waals surface area (Å²) in [5, 5.41) is 10.9. The lowest BCUT2D eigenvalue weighted by Gasteiger charge is -2.08. The van der Waals surface area contributed by atoms with Crippen molar-refractivity contribution in [3.63, 3.8) is 0 Å². The maximum absolute atomic E-state index is 11.1. The van der Waals surface area contributed by atoms with E-state index in [1.54, 1.807) is 0 Å². The molecule has 1 aliphatic carbocycles. The quantitative estimate of drug-likeness (QED) is 0.598. The van der Waals surface area contributed by atoms with Gasteiger partial charge in [-0.15, -0.1) is 0 Å². The Morgan fingerprint density at radius 1 is 1.36 bits per heavy atom. The Morgan fingerprint density at radius 3 is 2.71 bits per heavy atom. The fourth-order valence-electron chi connectivity index (χ4n) is 0.951. The van der Waals surface area contributed by atoms with Crippen LogP contribution < -0.4 is 5.32 Å². The molecule has 1 rings (SSSR count). The zero-order chi connectivity index (χ0) is 10.6. The average Bonchev–Trinajstić information content (AvgIpc) is 2.10. The Bertz CT molecular complexity index is 341. The SMILES string of the molecule is O=C1C=CC(=O)C(NCCC(=O)O)=C1. The first-order valence-electron chi connectivity index (χ1n) is 4.03. The van der Waals surface area contributed by atoms with Crippen molar-refractivity contribution >= 4 is 17.5 Å². The molecule has 0 aromatic heterocycles. The van der Waals surface area contributed by atoms with Gasteiger partial charge in [-0.3, -0.25) is 14.4 Å². The van der Waals surface area contributed by atoms with Gasteiger partial charge in [0.15, 0.2) is 5.78 Å². The van der Waals surface area contributed by atoms with Gasteiger partial charge in [0.2, 0.25) is 5.78 Å². The minimum atomic E-state index is -0.955. The molecule has 0 saturated carbocycles. The Morgan fingerprint density at radius 2 is 2.07 bits per heavy atom. The summed E-state index contributed by atoms with van der Waals surface area (Å²) in [7, 11) is 0. The summed E-state index contributed by atoms with van der Waals surface area (Å²) < 4.78 is 0. The number of hydrogen-bond acceptors (Lipinski definition) is 4. The van der Waals surface area contributed by atoms with Crippen molar-refractivity contribution in [1.82, 2.24) is 5.32 Å². The molecule has 0 aromatic carbocycles. The topological polar surface area (TPSA) is 83.5 Å². The third kappa shape index (κ3) is 2.85. The summed E-state index contributed by atoms with van der Waals surface area (Å²) >= 11 is 0. The third-order valence-electron chi connectivity index (χ3n) is 1.61. The molecule has 0 aliphatic heterocycles. The molecule has 0 aromatic rings. The van der Waals surface area contributed by atoms with E-state index in [0.29, 0.717) is 0 Å². The second-order valence-electron chi connectivity index (χ2n) is 2.73. The van der Waals surface area contributed by atoms with Crippen molar-refractivity contribution in [3.8, 4) is 0 Å². The number of carbonyl (C=O) groups is 3. The smallest absolute Gasteiger partial charge is 0.305 e. The predicted octanol–water partition coefficient (Wildman–Crippen LogP) is -0.357. The predicted molar refractivity (Wildman–Crippen MR) is 47.5 cm³/mol. The summed E-state index contributed by atoms with van der Waals surface area (Å²) in [6.45, 7) is 0.133. The number of carboxylic acids is 1. The molecule has 74 valence electrons. The number of carboxylic acid groups (broad SMARTS) is 1. The van der Waals surface area contributed by atoms with Crippen molar-refractivity contribution < 1.29 is 19.5 Å². The van der Waals surface area contributed by atoms with Crippen LogP contribution in [0.1, 0.15) is 6.42 Å². The molecule has 0 spiro atoms. The molecule has 0 heterocycles. The van der Waals surface area contributed by atoms with E-state index in [2.05, 4.69) is 5.32 Å². The average molecular weight is 195 g/mol. The van der Waals surface area contributed by atoms with Crippen LogP contribution in [0, 0.1) is 0 Å². The van der Waals surface area contributed by atoms with Crippen LogP contribution in [0.5, 0.6) is 0 Å². The summed E-state index contributed by atoms with van der Waals surface area (Å²) in [6, 6.07) is 0. The van der Waals surface area contributed by atoms with Gasteiger partial charge in [-0.1, -0.05) is 0 Å². The van der Waals surface area contributed by atoms with Gasteiger partial charge in [-0.25, -0.2) is 0 Å². The van der Waals surface area contributed by atoms with Crippen LogP contribution in [-0.4, -0.2) is 29.2 Å². The highest BCUT2D eigenvalue weighted by molar-refractivity contribution is 6.16. The van der Waals surface area contributed by atoms with E-state index in [1.807, 2.05) is 0 Å². The van der Waals surface area contributed by atoms with E-state index in [0.717, 1.165) is 12.2 Å². The summed E-state index contributed by atoms with van der Waals surface area (Å²) in [4.78, 5) is 32.1. The maximum atomic E-state index is 11.1. The van der Waals surface area contributed by atoms with Gasteiger partial charge in [0.05, 0.1) is 12.1 Å². The summed E-state index contributed by atoms with van der Waals surface area (Å²) in [5.41, 5.74) is 0.152. The van der Waals surface area contributed by atoms with E-state index in [9.17, 15) is 14.4 Å². The van der Waals surface area contributed by atoms with Gasteiger partial charge in [0, 0.05) is 12.6 Å². The summed E-state index contributed by atoms with van der Waals surface area (Å²) in [6.07, 6.45) is 3.39. The van der Waals surface area contributed by atoms with Crippen molar-refractivity contribution in [1.29, 1.82) is 0 Å². The zero-order valence-electron chi connectivity index (χ0n) is 7.32. The number of rotatable bonds is 4. The van der Waals surface area contributed by atoms with Crippen LogP contribution >= 0.6 is 0 Å². The van der Waals surface area contributed by atoms with Crippen molar-refractivity contribution in [2.24, 2.45) is 0 Å². The lowest BCUT2D eigenvalue weighted by atomic mass is 10.1. The first kappa shape index (κ1) is 10.2. The Labute approximate surface area is 80.1 Å². The second-order valence-corrected chi connectivity index (χ2v) is 2.73. The van der Waals surface area contributed by atoms with Gasteiger partial charge in [-0.05, 0) is 12.2 Å². The van der Waals surface area contributed by atoms with Gasteiger partial charge in [0.25, 0.3) is 0 Å². The maximum Gasteiger partial charge on any atom is 0.305 e. The van der Waals surface area contributed by atoms with Crippen molar-refractivity contribution in [3.05, 3.63) is 23.9 Å². The standard InChI is InChI=1S/C9H9NO4/c11-6-1-2-8(12)7(5-6)10-4-3-9(13)14/h1-2,5,10H,3-4H2,(H,13,14). The van der Waals surface area contributed by atoms with Crippen LogP contribution in [0.3, 0.4) is 0 Å². The monoisotopic (exact) mass is 195 g/mol. The second kappa shape index (κ2) is 4.36. The number of carbonyl (C=O) groups excluding carboxylic acids is 2. The van der Waals surface area contributed by atoms with Crippen LogP contribution in [-0.2, 0) is 14.4 Å². The Kier molecular flexibility index (Phi) is 3.17. The molecular weight excluding hydrogens is 186 g/mol. The Hall–Kier alpha value is -1.91. The lowest BCUT2D eigenvalue weighted by molar-refractivity contribution is -0.136. The first-order chi connectivity index (χ1) is 6.59. The molecule has 0 unspecified atom stereocenters. The number of nitrogens with one attached hydrogen (secondary N) is 1. The molecule has 0 fully saturated rings. The summed E-state index contributed by atoms with van der Waals surface area (Å²) in [5.74, 6) is -1.54. The largest absolute Gasteiger partial charge is 0.481 e. The van der Waals surface area contributed by atoms with Crippen LogP contribution in [0.15, 0.2) is 23.9 Å². The molecule has 5 nitrogen and oxygen atoms in total. The Balaban J connectivity index is 2.48. The molecule has 2 N–H and O–H groups in total. The van der Waals surface area contributed by atoms with Crippen molar-refractivity contribution in [2.45, 2.75) is 6.42 Å². The molecule has 0 bridgehead atoms. The van der Waals surface area contributed by atoms with E-state index in [4.69, 9.17) is 5.11 Å². The fourth-order valence-corrected chi connectivity index (χ4v) is 0.951. The number of ketones is 2. The number of hydrogen-bond donors (Lipinski definition) is 2. The highest BCUT2D eigenvalue weighted by atomic mass is 16.4. The molecule has 0 saturated heterocycles. The van der Waals surface area contributed by atoms with Gasteiger partial charge in [0.1, 0.15) is 0 Å². The van der Waals surface area contributed by atoms with Gasteiger partial charge in [-0.2, -0.15) is 0 Å². The number of allylic oxidation sites excluding steroid dienone is 3. The fraction of sp³-hybridized carbons (Fsp3) is 0.222. The minimum absolute atomic E-state index is 0.0947. The zero-order valence-corrected chi connectivity index (χ0v) is 7.32. The minimum Gasteiger partial charge on any atom is -0.481 e. The molecule has 0 atom stereocenters. The molecule has 0 amide bonds. The van der Waals surface area contributed by atoms with E-state index < -0.39 is 5.97 Å². The van der Waals surface area contributed by atoms with Gasteiger partial charge < -0.3 is 10.4 Å².